The number of allylic oxidation sites excluding steroid dienone is 2. The molecule has 25 heavy (non-hydrogen) atoms. The lowest BCUT2D eigenvalue weighted by molar-refractivity contribution is 0.104. The van der Waals surface area contributed by atoms with Gasteiger partial charge in [0, 0.05) is 41.8 Å². The molecule has 0 amide bonds. The van der Waals surface area contributed by atoms with Crippen molar-refractivity contribution in [2.45, 2.75) is 6.92 Å². The summed E-state index contributed by atoms with van der Waals surface area (Å²) in [6, 6.07) is 13.6. The van der Waals surface area contributed by atoms with Gasteiger partial charge in [-0.1, -0.05) is 0 Å². The molecule has 1 heterocycles. The first kappa shape index (κ1) is 17.2. The van der Waals surface area contributed by atoms with Crippen molar-refractivity contribution >= 4 is 17.2 Å². The molecular formula is C20H21FN2O2. The highest BCUT2D eigenvalue weighted by molar-refractivity contribution is 6.05. The zero-order chi connectivity index (χ0) is 17.6. The van der Waals surface area contributed by atoms with E-state index in [0.717, 1.165) is 43.4 Å². The number of ketones is 1. The Kier molecular flexibility index (Phi) is 5.46. The van der Waals surface area contributed by atoms with Gasteiger partial charge in [-0.25, -0.2) is 4.39 Å². The molecule has 3 rings (SSSR count). The fraction of sp³-hybridized carbons (Fsp3) is 0.250. The number of nitrogens with one attached hydrogen (secondary N) is 1. The topological polar surface area (TPSA) is 41.6 Å². The van der Waals surface area contributed by atoms with E-state index in [2.05, 4.69) is 22.3 Å². The Morgan fingerprint density at radius 1 is 1.08 bits per heavy atom. The third-order valence-electron chi connectivity index (χ3n) is 4.06. The van der Waals surface area contributed by atoms with E-state index in [4.69, 9.17) is 4.74 Å². The molecular weight excluding hydrogens is 319 g/mol. The molecule has 2 aromatic carbocycles. The van der Waals surface area contributed by atoms with Crippen molar-refractivity contribution < 1.29 is 13.9 Å². The summed E-state index contributed by atoms with van der Waals surface area (Å²) in [6.45, 7) is 5.15. The molecule has 1 fully saturated rings. The lowest BCUT2D eigenvalue weighted by Crippen LogP contribution is -2.36. The number of carbonyl (C=O) groups is 1. The van der Waals surface area contributed by atoms with Crippen LogP contribution in [0.3, 0.4) is 0 Å². The number of hydrogen-bond donors (Lipinski definition) is 1. The largest absolute Gasteiger partial charge is 0.378 e. The normalized spacial score (nSPS) is 15.1. The number of morpholine rings is 1. The Hall–Kier alpha value is -2.66. The highest BCUT2D eigenvalue weighted by atomic mass is 19.1. The second-order valence-electron chi connectivity index (χ2n) is 5.97. The Morgan fingerprint density at radius 3 is 2.36 bits per heavy atom. The van der Waals surface area contributed by atoms with Crippen LogP contribution in [-0.4, -0.2) is 32.1 Å². The summed E-state index contributed by atoms with van der Waals surface area (Å²) in [5.74, 6) is -0.509. The summed E-state index contributed by atoms with van der Waals surface area (Å²) >= 11 is 0. The first-order valence-corrected chi connectivity index (χ1v) is 8.30. The van der Waals surface area contributed by atoms with Crippen LogP contribution in [0.15, 0.2) is 60.3 Å². The second-order valence-corrected chi connectivity index (χ2v) is 5.97. The van der Waals surface area contributed by atoms with Crippen molar-refractivity contribution in [2.75, 3.05) is 36.5 Å². The van der Waals surface area contributed by atoms with E-state index < -0.39 is 0 Å². The van der Waals surface area contributed by atoms with Gasteiger partial charge in [-0.05, 0) is 55.5 Å². The van der Waals surface area contributed by atoms with Crippen molar-refractivity contribution in [3.63, 3.8) is 0 Å². The van der Waals surface area contributed by atoms with Gasteiger partial charge in [0.25, 0.3) is 0 Å². The third-order valence-corrected chi connectivity index (χ3v) is 4.06. The number of anilines is 2. The van der Waals surface area contributed by atoms with Crippen LogP contribution >= 0.6 is 0 Å². The molecule has 1 saturated heterocycles. The van der Waals surface area contributed by atoms with Gasteiger partial charge in [-0.15, -0.1) is 0 Å². The molecule has 130 valence electrons. The number of hydrogen-bond acceptors (Lipinski definition) is 4. The monoisotopic (exact) mass is 340 g/mol. The molecule has 5 heteroatoms. The molecule has 0 atom stereocenters. The van der Waals surface area contributed by atoms with Crippen molar-refractivity contribution in [2.24, 2.45) is 0 Å². The van der Waals surface area contributed by atoms with Crippen molar-refractivity contribution in [3.8, 4) is 0 Å². The number of nitrogens with zero attached hydrogens (tertiary/aromatic N) is 1. The highest BCUT2D eigenvalue weighted by Crippen LogP contribution is 2.20. The predicted octanol–water partition coefficient (Wildman–Crippen LogP) is 3.86. The van der Waals surface area contributed by atoms with E-state index in [9.17, 15) is 9.18 Å². The van der Waals surface area contributed by atoms with E-state index >= 15 is 0 Å². The van der Waals surface area contributed by atoms with E-state index in [-0.39, 0.29) is 11.6 Å². The first-order chi connectivity index (χ1) is 12.1. The van der Waals surface area contributed by atoms with Crippen LogP contribution in [0.4, 0.5) is 15.8 Å². The smallest absolute Gasteiger partial charge is 0.187 e. The summed E-state index contributed by atoms with van der Waals surface area (Å²) < 4.78 is 18.3. The molecule has 0 unspecified atom stereocenters. The van der Waals surface area contributed by atoms with E-state index in [1.165, 1.54) is 30.3 Å². The minimum Gasteiger partial charge on any atom is -0.378 e. The molecule has 0 aliphatic carbocycles. The highest BCUT2D eigenvalue weighted by Gasteiger charge is 2.10. The molecule has 0 saturated carbocycles. The van der Waals surface area contributed by atoms with Gasteiger partial charge in [0.05, 0.1) is 13.2 Å². The number of halogens is 1. The van der Waals surface area contributed by atoms with Crippen molar-refractivity contribution in [3.05, 3.63) is 71.7 Å². The van der Waals surface area contributed by atoms with Crippen LogP contribution in [-0.2, 0) is 4.74 Å². The van der Waals surface area contributed by atoms with E-state index in [1.807, 2.05) is 19.1 Å². The molecule has 0 aromatic heterocycles. The molecule has 1 aliphatic rings. The predicted molar refractivity (Wildman–Crippen MR) is 97.6 cm³/mol. The zero-order valence-corrected chi connectivity index (χ0v) is 14.2. The quantitative estimate of drug-likeness (QED) is 0.663. The molecule has 0 bridgehead atoms. The maximum absolute atomic E-state index is 12.9. The molecule has 0 spiro atoms. The standard InChI is InChI=1S/C20H21FN2O2/c1-15(14-20(24)16-2-4-17(21)5-3-16)22-18-6-8-19(9-7-18)23-10-12-25-13-11-23/h2-9,14,22H,10-13H2,1H3. The molecule has 1 N–H and O–H groups in total. The summed E-state index contributed by atoms with van der Waals surface area (Å²) in [5, 5.41) is 3.21. The molecule has 1 aliphatic heterocycles. The molecule has 0 radical (unpaired) electrons. The lowest BCUT2D eigenvalue weighted by Gasteiger charge is -2.29. The van der Waals surface area contributed by atoms with Gasteiger partial charge < -0.3 is 15.0 Å². The molecule has 2 aromatic rings. The van der Waals surface area contributed by atoms with Crippen molar-refractivity contribution in [1.82, 2.24) is 0 Å². The Labute approximate surface area is 146 Å². The van der Waals surface area contributed by atoms with Crippen LogP contribution in [0.2, 0.25) is 0 Å². The molecule has 4 nitrogen and oxygen atoms in total. The average Bonchev–Trinajstić information content (AvgIpc) is 2.63. The van der Waals surface area contributed by atoms with Gasteiger partial charge in [0.1, 0.15) is 5.82 Å². The van der Waals surface area contributed by atoms with Crippen LogP contribution in [0.1, 0.15) is 17.3 Å². The summed E-state index contributed by atoms with van der Waals surface area (Å²) in [6.07, 6.45) is 1.52. The van der Waals surface area contributed by atoms with Crippen LogP contribution in [0, 0.1) is 5.82 Å². The van der Waals surface area contributed by atoms with Crippen molar-refractivity contribution in [1.29, 1.82) is 0 Å². The van der Waals surface area contributed by atoms with Gasteiger partial charge >= 0.3 is 0 Å². The SMILES string of the molecule is CC(=CC(=O)c1ccc(F)cc1)Nc1ccc(N2CCOCC2)cc1. The maximum atomic E-state index is 12.9. The van der Waals surface area contributed by atoms with Crippen LogP contribution in [0.5, 0.6) is 0 Å². The van der Waals surface area contributed by atoms with E-state index in [0.29, 0.717) is 5.56 Å². The van der Waals surface area contributed by atoms with Gasteiger partial charge in [-0.3, -0.25) is 4.79 Å². The average molecular weight is 340 g/mol. The van der Waals surface area contributed by atoms with Gasteiger partial charge in [0.2, 0.25) is 0 Å². The first-order valence-electron chi connectivity index (χ1n) is 8.30. The number of benzene rings is 2. The van der Waals surface area contributed by atoms with Crippen LogP contribution in [0.25, 0.3) is 0 Å². The summed E-state index contributed by atoms with van der Waals surface area (Å²) in [5.41, 5.74) is 3.27. The van der Waals surface area contributed by atoms with E-state index in [1.54, 1.807) is 0 Å². The van der Waals surface area contributed by atoms with Gasteiger partial charge in [0.15, 0.2) is 5.78 Å². The zero-order valence-electron chi connectivity index (χ0n) is 14.2. The fourth-order valence-corrected chi connectivity index (χ4v) is 2.74. The third kappa shape index (κ3) is 4.67. The second kappa shape index (κ2) is 7.94. The number of carbonyl (C=O) groups excluding carboxylic acids is 1. The maximum Gasteiger partial charge on any atom is 0.187 e. The Balaban J connectivity index is 1.62. The summed E-state index contributed by atoms with van der Waals surface area (Å²) in [7, 11) is 0. The fourth-order valence-electron chi connectivity index (χ4n) is 2.74. The number of ether oxygens (including phenoxy) is 1. The Morgan fingerprint density at radius 2 is 1.72 bits per heavy atom. The van der Waals surface area contributed by atoms with Crippen LogP contribution < -0.4 is 10.2 Å². The summed E-state index contributed by atoms with van der Waals surface area (Å²) in [4.78, 5) is 14.4. The lowest BCUT2D eigenvalue weighted by atomic mass is 10.1. The minimum atomic E-state index is -0.351. The number of rotatable bonds is 5. The minimum absolute atomic E-state index is 0.157. The van der Waals surface area contributed by atoms with Gasteiger partial charge in [-0.2, -0.15) is 0 Å². The Bertz CT molecular complexity index is 748.